The third kappa shape index (κ3) is 4.51. The maximum atomic E-state index is 8.86. The van der Waals surface area contributed by atoms with Crippen LogP contribution in [0.1, 0.15) is 12.5 Å². The van der Waals surface area contributed by atoms with Gasteiger partial charge in [-0.15, -0.1) is 0 Å². The number of pyridine rings is 1. The zero-order valence-electron chi connectivity index (χ0n) is 8.81. The van der Waals surface area contributed by atoms with Gasteiger partial charge in [-0.05, 0) is 29.4 Å². The zero-order valence-corrected chi connectivity index (χ0v) is 9.63. The van der Waals surface area contributed by atoms with E-state index in [2.05, 4.69) is 10.4 Å². The van der Waals surface area contributed by atoms with Crippen LogP contribution in [0, 0.1) is 5.92 Å². The number of rotatable bonds is 6. The lowest BCUT2D eigenvalue weighted by Gasteiger charge is -2.07. The molecule has 0 fully saturated rings. The van der Waals surface area contributed by atoms with Crippen LogP contribution in [-0.4, -0.2) is 22.5 Å². The molecule has 1 atom stereocenters. The summed E-state index contributed by atoms with van der Waals surface area (Å²) in [5.41, 5.74) is 3.71. The van der Waals surface area contributed by atoms with E-state index in [1.807, 2.05) is 19.1 Å². The summed E-state index contributed by atoms with van der Waals surface area (Å²) in [4.78, 5) is 4.03. The van der Waals surface area contributed by atoms with E-state index in [0.29, 0.717) is 11.7 Å². The summed E-state index contributed by atoms with van der Waals surface area (Å²) in [7, 11) is 0. The molecule has 1 rings (SSSR count). The van der Waals surface area contributed by atoms with Crippen molar-refractivity contribution in [3.63, 3.8) is 0 Å². The molecule has 0 aromatic carbocycles. The highest BCUT2D eigenvalue weighted by molar-refractivity contribution is 7.98. The average Bonchev–Trinajstić information content (AvgIpc) is 2.29. The first-order valence-electron chi connectivity index (χ1n) is 4.86. The number of aliphatic hydroxyl groups excluding tert-OH is 1. The Labute approximate surface area is 94.3 Å². The van der Waals surface area contributed by atoms with Gasteiger partial charge in [0, 0.05) is 18.6 Å². The largest absolute Gasteiger partial charge is 0.396 e. The lowest BCUT2D eigenvalue weighted by molar-refractivity contribution is 0.250. The molecule has 0 saturated heterocycles. The minimum atomic E-state index is 0.249. The Hall–Kier alpha value is -0.780. The lowest BCUT2D eigenvalue weighted by atomic mass is 10.2. The maximum absolute atomic E-state index is 8.86. The summed E-state index contributed by atoms with van der Waals surface area (Å²) >= 11 is 1.80. The van der Waals surface area contributed by atoms with Crippen molar-refractivity contribution in [2.45, 2.75) is 12.7 Å². The second-order valence-corrected chi connectivity index (χ2v) is 4.53. The lowest BCUT2D eigenvalue weighted by Crippen LogP contribution is -2.08. The summed E-state index contributed by atoms with van der Waals surface area (Å²) in [6.45, 7) is 2.28. The smallest absolute Gasteiger partial charge is 0.140 e. The SMILES string of the molecule is CC(CO)CSCc1ccnc(NN)c1. The molecule has 5 heteroatoms. The molecule has 0 amide bonds. The number of nitrogens with zero attached hydrogens (tertiary/aromatic N) is 1. The van der Waals surface area contributed by atoms with E-state index in [0.717, 1.165) is 11.5 Å². The fourth-order valence-electron chi connectivity index (χ4n) is 1.07. The van der Waals surface area contributed by atoms with Gasteiger partial charge in [0.05, 0.1) is 0 Å². The fourth-order valence-corrected chi connectivity index (χ4v) is 2.11. The Balaban J connectivity index is 2.37. The number of nitrogens with two attached hydrogens (primary N) is 1. The molecule has 0 spiro atoms. The number of hydrogen-bond acceptors (Lipinski definition) is 5. The number of anilines is 1. The number of thioether (sulfide) groups is 1. The van der Waals surface area contributed by atoms with Crippen LogP contribution in [0.3, 0.4) is 0 Å². The van der Waals surface area contributed by atoms with E-state index in [1.165, 1.54) is 5.56 Å². The predicted octanol–water partition coefficient (Wildman–Crippen LogP) is 1.23. The Morgan fingerprint density at radius 2 is 2.47 bits per heavy atom. The van der Waals surface area contributed by atoms with Gasteiger partial charge in [-0.3, -0.25) is 0 Å². The Morgan fingerprint density at radius 1 is 1.67 bits per heavy atom. The van der Waals surface area contributed by atoms with Gasteiger partial charge in [-0.1, -0.05) is 6.92 Å². The number of hydrazine groups is 1. The molecular formula is C10H17N3OS. The molecule has 0 bridgehead atoms. The summed E-state index contributed by atoms with van der Waals surface area (Å²) in [6, 6.07) is 3.90. The van der Waals surface area contributed by atoms with E-state index >= 15 is 0 Å². The van der Waals surface area contributed by atoms with Crippen LogP contribution in [0.25, 0.3) is 0 Å². The average molecular weight is 227 g/mol. The molecule has 4 nitrogen and oxygen atoms in total. The van der Waals surface area contributed by atoms with Crippen LogP contribution in [-0.2, 0) is 5.75 Å². The van der Waals surface area contributed by atoms with Crippen LogP contribution >= 0.6 is 11.8 Å². The molecule has 0 aliphatic carbocycles. The van der Waals surface area contributed by atoms with Crippen molar-refractivity contribution in [3.8, 4) is 0 Å². The minimum Gasteiger partial charge on any atom is -0.396 e. The van der Waals surface area contributed by atoms with Crippen molar-refractivity contribution in [2.75, 3.05) is 17.8 Å². The molecule has 0 radical (unpaired) electrons. The second kappa shape index (κ2) is 6.66. The van der Waals surface area contributed by atoms with Gasteiger partial charge in [0.25, 0.3) is 0 Å². The first-order valence-corrected chi connectivity index (χ1v) is 6.02. The maximum Gasteiger partial charge on any atom is 0.140 e. The molecule has 1 unspecified atom stereocenters. The van der Waals surface area contributed by atoms with Crippen molar-refractivity contribution in [1.82, 2.24) is 4.98 Å². The molecule has 1 heterocycles. The molecular weight excluding hydrogens is 210 g/mol. The van der Waals surface area contributed by atoms with Gasteiger partial charge in [0.15, 0.2) is 0 Å². The van der Waals surface area contributed by atoms with Gasteiger partial charge in [0.1, 0.15) is 5.82 Å². The van der Waals surface area contributed by atoms with Gasteiger partial charge >= 0.3 is 0 Å². The highest BCUT2D eigenvalue weighted by Crippen LogP contribution is 2.16. The summed E-state index contributed by atoms with van der Waals surface area (Å²) in [6.07, 6.45) is 1.74. The van der Waals surface area contributed by atoms with Crippen molar-refractivity contribution < 1.29 is 5.11 Å². The highest BCUT2D eigenvalue weighted by atomic mass is 32.2. The summed E-state index contributed by atoms with van der Waals surface area (Å²) < 4.78 is 0. The molecule has 84 valence electrons. The van der Waals surface area contributed by atoms with Gasteiger partial charge in [0.2, 0.25) is 0 Å². The quantitative estimate of drug-likeness (QED) is 0.503. The van der Waals surface area contributed by atoms with E-state index in [9.17, 15) is 0 Å². The van der Waals surface area contributed by atoms with Crippen LogP contribution < -0.4 is 11.3 Å². The van der Waals surface area contributed by atoms with Crippen molar-refractivity contribution >= 4 is 17.6 Å². The number of aliphatic hydroxyl groups is 1. The van der Waals surface area contributed by atoms with Crippen molar-refractivity contribution in [1.29, 1.82) is 0 Å². The topological polar surface area (TPSA) is 71.2 Å². The van der Waals surface area contributed by atoms with Crippen LogP contribution in [0.2, 0.25) is 0 Å². The molecule has 15 heavy (non-hydrogen) atoms. The normalized spacial score (nSPS) is 12.5. The number of nitrogens with one attached hydrogen (secondary N) is 1. The Kier molecular flexibility index (Phi) is 5.45. The molecule has 0 aliphatic heterocycles. The summed E-state index contributed by atoms with van der Waals surface area (Å²) in [5.74, 6) is 8.18. The molecule has 1 aromatic heterocycles. The third-order valence-corrected chi connectivity index (χ3v) is 3.30. The monoisotopic (exact) mass is 227 g/mol. The molecule has 4 N–H and O–H groups in total. The second-order valence-electron chi connectivity index (χ2n) is 3.50. The van der Waals surface area contributed by atoms with Gasteiger partial charge < -0.3 is 10.5 Å². The predicted molar refractivity (Wildman–Crippen MR) is 64.5 cm³/mol. The molecule has 0 saturated carbocycles. The van der Waals surface area contributed by atoms with E-state index < -0.39 is 0 Å². The van der Waals surface area contributed by atoms with Crippen LogP contribution in [0.4, 0.5) is 5.82 Å². The third-order valence-electron chi connectivity index (χ3n) is 1.96. The number of nitrogen functional groups attached to an aromatic ring is 1. The Morgan fingerprint density at radius 3 is 3.13 bits per heavy atom. The van der Waals surface area contributed by atoms with Crippen molar-refractivity contribution in [2.24, 2.45) is 11.8 Å². The molecule has 0 aliphatic rings. The van der Waals surface area contributed by atoms with E-state index in [4.69, 9.17) is 10.9 Å². The fraction of sp³-hybridized carbons (Fsp3) is 0.500. The highest BCUT2D eigenvalue weighted by Gasteiger charge is 2.01. The Bertz CT molecular complexity index is 296. The first-order chi connectivity index (χ1) is 7.26. The summed E-state index contributed by atoms with van der Waals surface area (Å²) in [5, 5.41) is 8.86. The van der Waals surface area contributed by atoms with Gasteiger partial charge in [-0.25, -0.2) is 10.8 Å². The first kappa shape index (κ1) is 12.3. The van der Waals surface area contributed by atoms with Crippen LogP contribution in [0.15, 0.2) is 18.3 Å². The number of aromatic nitrogens is 1. The van der Waals surface area contributed by atoms with Crippen molar-refractivity contribution in [3.05, 3.63) is 23.9 Å². The van der Waals surface area contributed by atoms with E-state index in [-0.39, 0.29) is 6.61 Å². The van der Waals surface area contributed by atoms with Crippen LogP contribution in [0.5, 0.6) is 0 Å². The zero-order chi connectivity index (χ0) is 11.1. The van der Waals surface area contributed by atoms with Gasteiger partial charge in [-0.2, -0.15) is 11.8 Å². The van der Waals surface area contributed by atoms with E-state index in [1.54, 1.807) is 18.0 Å². The molecule has 1 aromatic rings. The number of hydrogen-bond donors (Lipinski definition) is 3. The minimum absolute atomic E-state index is 0.249. The standard InChI is InChI=1S/C10H17N3OS/c1-8(5-14)6-15-7-9-2-3-12-10(4-9)13-11/h2-4,8,14H,5-7,11H2,1H3,(H,12,13).